The van der Waals surface area contributed by atoms with E-state index >= 15 is 0 Å². The van der Waals surface area contributed by atoms with Gasteiger partial charge in [0.1, 0.15) is 5.75 Å². The van der Waals surface area contributed by atoms with Crippen molar-refractivity contribution in [3.63, 3.8) is 0 Å². The molecule has 0 saturated carbocycles. The first-order valence-electron chi connectivity index (χ1n) is 6.90. The molecule has 108 valence electrons. The Morgan fingerprint density at radius 3 is 2.37 bits per heavy atom. The summed E-state index contributed by atoms with van der Waals surface area (Å²) in [5.41, 5.74) is 1.87. The lowest BCUT2D eigenvalue weighted by Crippen LogP contribution is -2.11. The van der Waals surface area contributed by atoms with Crippen LogP contribution in [0.25, 0.3) is 0 Å². The molecular weight excluding hydrogens is 240 g/mol. The number of hydrogen-bond acceptors (Lipinski definition) is 3. The molecule has 0 saturated heterocycles. The van der Waals surface area contributed by atoms with Crippen LogP contribution in [0.2, 0.25) is 0 Å². The van der Waals surface area contributed by atoms with Gasteiger partial charge >= 0.3 is 0 Å². The minimum absolute atomic E-state index is 0.222. The summed E-state index contributed by atoms with van der Waals surface area (Å²) in [6.07, 6.45) is 0.788. The van der Waals surface area contributed by atoms with Gasteiger partial charge in [0.15, 0.2) is 0 Å². The van der Waals surface area contributed by atoms with Gasteiger partial charge in [0, 0.05) is 5.56 Å². The fourth-order valence-corrected chi connectivity index (χ4v) is 2.14. The van der Waals surface area contributed by atoms with Gasteiger partial charge in [0.05, 0.1) is 25.9 Å². The van der Waals surface area contributed by atoms with Crippen LogP contribution in [0.5, 0.6) is 5.75 Å². The standard InChI is InChI=1S/C16H26O3/c1-11(2)8-12(3)19-10-15-9-14(13(4)17)6-7-16(15)18-5/h6-7,9,11-13,17H,8,10H2,1-5H3. The van der Waals surface area contributed by atoms with Crippen molar-refractivity contribution < 1.29 is 14.6 Å². The molecule has 0 spiro atoms. The molecule has 0 aliphatic carbocycles. The highest BCUT2D eigenvalue weighted by Crippen LogP contribution is 2.24. The van der Waals surface area contributed by atoms with E-state index in [0.717, 1.165) is 23.3 Å². The van der Waals surface area contributed by atoms with Crippen LogP contribution in [0.3, 0.4) is 0 Å². The zero-order valence-electron chi connectivity index (χ0n) is 12.6. The quantitative estimate of drug-likeness (QED) is 0.818. The summed E-state index contributed by atoms with van der Waals surface area (Å²) in [6, 6.07) is 5.71. The van der Waals surface area contributed by atoms with Gasteiger partial charge < -0.3 is 14.6 Å². The second kappa shape index (κ2) is 7.51. The summed E-state index contributed by atoms with van der Waals surface area (Å²) in [5.74, 6) is 1.43. The molecule has 0 fully saturated rings. The Balaban J connectivity index is 2.72. The molecule has 0 radical (unpaired) electrons. The smallest absolute Gasteiger partial charge is 0.124 e. The molecule has 0 amide bonds. The van der Waals surface area contributed by atoms with Crippen LogP contribution < -0.4 is 4.74 Å². The highest BCUT2D eigenvalue weighted by atomic mass is 16.5. The minimum Gasteiger partial charge on any atom is -0.496 e. The summed E-state index contributed by atoms with van der Waals surface area (Å²) in [5, 5.41) is 9.63. The van der Waals surface area contributed by atoms with E-state index in [1.807, 2.05) is 18.2 Å². The van der Waals surface area contributed by atoms with Crippen molar-refractivity contribution >= 4 is 0 Å². The average molecular weight is 266 g/mol. The van der Waals surface area contributed by atoms with E-state index in [0.29, 0.717) is 12.5 Å². The molecule has 2 atom stereocenters. The molecule has 0 bridgehead atoms. The van der Waals surface area contributed by atoms with Crippen molar-refractivity contribution in [2.75, 3.05) is 7.11 Å². The summed E-state index contributed by atoms with van der Waals surface area (Å²) in [7, 11) is 1.65. The largest absolute Gasteiger partial charge is 0.496 e. The van der Waals surface area contributed by atoms with E-state index in [1.165, 1.54) is 0 Å². The Morgan fingerprint density at radius 1 is 1.16 bits per heavy atom. The molecule has 19 heavy (non-hydrogen) atoms. The van der Waals surface area contributed by atoms with Gasteiger partial charge in [-0.15, -0.1) is 0 Å². The molecule has 1 aromatic carbocycles. The van der Waals surface area contributed by atoms with E-state index in [-0.39, 0.29) is 6.10 Å². The predicted molar refractivity (Wildman–Crippen MR) is 77.3 cm³/mol. The third kappa shape index (κ3) is 5.21. The highest BCUT2D eigenvalue weighted by molar-refractivity contribution is 5.37. The van der Waals surface area contributed by atoms with Gasteiger partial charge in [0.25, 0.3) is 0 Å². The lowest BCUT2D eigenvalue weighted by atomic mass is 10.1. The Morgan fingerprint density at radius 2 is 1.84 bits per heavy atom. The van der Waals surface area contributed by atoms with Crippen molar-refractivity contribution in [1.29, 1.82) is 0 Å². The number of rotatable bonds is 7. The molecule has 3 nitrogen and oxygen atoms in total. The average Bonchev–Trinajstić information content (AvgIpc) is 2.35. The SMILES string of the molecule is COc1ccc(C(C)O)cc1COC(C)CC(C)C. The van der Waals surface area contributed by atoms with Crippen LogP contribution in [0.1, 0.15) is 51.3 Å². The Labute approximate surface area is 116 Å². The maximum absolute atomic E-state index is 9.63. The first kappa shape index (κ1) is 16.0. The number of benzene rings is 1. The molecule has 1 rings (SSSR count). The van der Waals surface area contributed by atoms with Crippen LogP contribution >= 0.6 is 0 Å². The maximum Gasteiger partial charge on any atom is 0.124 e. The molecular formula is C16H26O3. The molecule has 3 heteroatoms. The topological polar surface area (TPSA) is 38.7 Å². The van der Waals surface area contributed by atoms with E-state index < -0.39 is 6.10 Å². The van der Waals surface area contributed by atoms with E-state index in [2.05, 4.69) is 20.8 Å². The molecule has 0 aliphatic heterocycles. The van der Waals surface area contributed by atoms with Crippen molar-refractivity contribution in [3.05, 3.63) is 29.3 Å². The second-order valence-corrected chi connectivity index (χ2v) is 5.50. The Bertz CT molecular complexity index is 386. The van der Waals surface area contributed by atoms with Gasteiger partial charge in [-0.2, -0.15) is 0 Å². The van der Waals surface area contributed by atoms with Gasteiger partial charge in [0.2, 0.25) is 0 Å². The lowest BCUT2D eigenvalue weighted by molar-refractivity contribution is 0.0386. The minimum atomic E-state index is -0.474. The molecule has 2 unspecified atom stereocenters. The van der Waals surface area contributed by atoms with E-state index in [1.54, 1.807) is 14.0 Å². The fraction of sp³-hybridized carbons (Fsp3) is 0.625. The number of ether oxygens (including phenoxy) is 2. The summed E-state index contributed by atoms with van der Waals surface area (Å²) in [4.78, 5) is 0. The van der Waals surface area contributed by atoms with Gasteiger partial charge in [-0.1, -0.05) is 19.9 Å². The number of hydrogen-bond donors (Lipinski definition) is 1. The van der Waals surface area contributed by atoms with E-state index in [4.69, 9.17) is 9.47 Å². The second-order valence-electron chi connectivity index (χ2n) is 5.50. The molecule has 0 aromatic heterocycles. The van der Waals surface area contributed by atoms with Gasteiger partial charge in [-0.25, -0.2) is 0 Å². The summed E-state index contributed by atoms with van der Waals surface area (Å²) in [6.45, 7) is 8.74. The van der Waals surface area contributed by atoms with Crippen molar-refractivity contribution in [3.8, 4) is 5.75 Å². The maximum atomic E-state index is 9.63. The van der Waals surface area contributed by atoms with E-state index in [9.17, 15) is 5.11 Å². The lowest BCUT2D eigenvalue weighted by Gasteiger charge is -2.17. The fourth-order valence-electron chi connectivity index (χ4n) is 2.14. The first-order valence-corrected chi connectivity index (χ1v) is 6.90. The zero-order valence-corrected chi connectivity index (χ0v) is 12.6. The summed E-state index contributed by atoms with van der Waals surface area (Å²) >= 11 is 0. The summed E-state index contributed by atoms with van der Waals surface area (Å²) < 4.78 is 11.2. The van der Waals surface area contributed by atoms with Crippen LogP contribution in [-0.2, 0) is 11.3 Å². The van der Waals surface area contributed by atoms with Gasteiger partial charge in [-0.05, 0) is 43.9 Å². The third-order valence-electron chi connectivity index (χ3n) is 3.11. The first-order chi connectivity index (χ1) is 8.93. The Kier molecular flexibility index (Phi) is 6.32. The number of aliphatic hydroxyl groups is 1. The predicted octanol–water partition coefficient (Wildman–Crippen LogP) is 3.70. The number of methoxy groups -OCH3 is 1. The monoisotopic (exact) mass is 266 g/mol. The molecule has 0 aliphatic rings. The van der Waals surface area contributed by atoms with Crippen LogP contribution in [-0.4, -0.2) is 18.3 Å². The van der Waals surface area contributed by atoms with Crippen LogP contribution in [0, 0.1) is 5.92 Å². The van der Waals surface area contributed by atoms with Gasteiger partial charge in [-0.3, -0.25) is 0 Å². The van der Waals surface area contributed by atoms with Crippen LogP contribution in [0.4, 0.5) is 0 Å². The molecule has 1 aromatic rings. The molecule has 1 N–H and O–H groups in total. The zero-order chi connectivity index (χ0) is 14.4. The molecule has 0 heterocycles. The normalized spacial score (nSPS) is 14.5. The van der Waals surface area contributed by atoms with Crippen LogP contribution in [0.15, 0.2) is 18.2 Å². The third-order valence-corrected chi connectivity index (χ3v) is 3.11. The number of aliphatic hydroxyl groups excluding tert-OH is 1. The highest BCUT2D eigenvalue weighted by Gasteiger charge is 2.10. The Hall–Kier alpha value is -1.06. The van der Waals surface area contributed by atoms with Crippen molar-refractivity contribution in [1.82, 2.24) is 0 Å². The van der Waals surface area contributed by atoms with Crippen molar-refractivity contribution in [2.45, 2.75) is 52.9 Å². The van der Waals surface area contributed by atoms with Crippen molar-refractivity contribution in [2.24, 2.45) is 5.92 Å².